The smallest absolute Gasteiger partial charge is 0.170 e. The molecule has 0 saturated heterocycles. The minimum absolute atomic E-state index is 0.0293. The second-order valence-corrected chi connectivity index (χ2v) is 6.69. The second kappa shape index (κ2) is 6.26. The van der Waals surface area contributed by atoms with Crippen LogP contribution in [0.25, 0.3) is 6.08 Å². The number of aromatic hydroxyl groups is 2. The van der Waals surface area contributed by atoms with Crippen LogP contribution < -0.4 is 4.74 Å². The number of fused-ring (bicyclic) bond motifs is 1. The van der Waals surface area contributed by atoms with E-state index in [0.29, 0.717) is 16.9 Å². The van der Waals surface area contributed by atoms with E-state index in [-0.39, 0.29) is 23.7 Å². The van der Waals surface area contributed by atoms with Gasteiger partial charge in [0.2, 0.25) is 0 Å². The highest BCUT2D eigenvalue weighted by Crippen LogP contribution is 2.41. The van der Waals surface area contributed by atoms with Crippen molar-refractivity contribution in [3.63, 3.8) is 0 Å². The van der Waals surface area contributed by atoms with Crippen LogP contribution in [0.5, 0.6) is 17.2 Å². The van der Waals surface area contributed by atoms with Crippen molar-refractivity contribution in [3.8, 4) is 17.2 Å². The number of aliphatic hydroxyl groups is 1. The molecule has 130 valence electrons. The maximum atomic E-state index is 12.5. The van der Waals surface area contributed by atoms with E-state index in [1.54, 1.807) is 38.1 Å². The monoisotopic (exact) mass is 340 g/mol. The van der Waals surface area contributed by atoms with E-state index in [1.165, 1.54) is 24.3 Å². The minimum atomic E-state index is -1.07. The second-order valence-electron chi connectivity index (χ2n) is 6.69. The third-order valence-corrected chi connectivity index (χ3v) is 4.03. The highest BCUT2D eigenvalue weighted by molar-refractivity contribution is 6.01. The molecular formula is C20H20O5. The normalized spacial score (nSPS) is 17.4. The Morgan fingerprint density at radius 1 is 1.12 bits per heavy atom. The maximum Gasteiger partial charge on any atom is 0.170 e. The van der Waals surface area contributed by atoms with Crippen molar-refractivity contribution >= 4 is 11.9 Å². The van der Waals surface area contributed by atoms with Crippen LogP contribution in [0.2, 0.25) is 0 Å². The standard InChI is InChI=1S/C20H20O5/c1-20(2,24)10-9-15-16(22)8-7-14-17(23)11-18(25-19(14)15)12-3-5-13(21)6-4-12/h3-10,18,21-22,24H,11H2,1-2H3/b10-9-/t18-/m1/s1. The molecular weight excluding hydrogens is 320 g/mol. The molecule has 0 amide bonds. The molecule has 3 rings (SSSR count). The minimum Gasteiger partial charge on any atom is -0.508 e. The molecule has 1 atom stereocenters. The van der Waals surface area contributed by atoms with E-state index in [9.17, 15) is 20.1 Å². The number of hydrogen-bond acceptors (Lipinski definition) is 5. The molecule has 0 aliphatic carbocycles. The summed E-state index contributed by atoms with van der Waals surface area (Å²) in [6, 6.07) is 9.47. The predicted octanol–water partition coefficient (Wildman–Crippen LogP) is 3.59. The van der Waals surface area contributed by atoms with Gasteiger partial charge in [0.1, 0.15) is 23.4 Å². The van der Waals surface area contributed by atoms with Crippen molar-refractivity contribution in [2.24, 2.45) is 0 Å². The molecule has 0 bridgehead atoms. The summed E-state index contributed by atoms with van der Waals surface area (Å²) in [6.45, 7) is 3.22. The largest absolute Gasteiger partial charge is 0.508 e. The molecule has 2 aromatic carbocycles. The highest BCUT2D eigenvalue weighted by atomic mass is 16.5. The number of ketones is 1. The first-order chi connectivity index (χ1) is 11.7. The first-order valence-electron chi connectivity index (χ1n) is 8.01. The number of phenolic OH excluding ortho intramolecular Hbond substituents is 2. The van der Waals surface area contributed by atoms with Gasteiger partial charge in [0.25, 0.3) is 0 Å². The maximum absolute atomic E-state index is 12.5. The van der Waals surface area contributed by atoms with Crippen LogP contribution in [0.1, 0.15) is 47.9 Å². The number of rotatable bonds is 3. The van der Waals surface area contributed by atoms with Gasteiger partial charge in [-0.2, -0.15) is 0 Å². The first kappa shape index (κ1) is 17.0. The third-order valence-electron chi connectivity index (χ3n) is 4.03. The average Bonchev–Trinajstić information content (AvgIpc) is 2.53. The van der Waals surface area contributed by atoms with Gasteiger partial charge in [-0.15, -0.1) is 0 Å². The fraction of sp³-hybridized carbons (Fsp3) is 0.250. The van der Waals surface area contributed by atoms with Crippen LogP contribution in [0, 0.1) is 0 Å². The Labute approximate surface area is 145 Å². The van der Waals surface area contributed by atoms with Crippen LogP contribution in [0.15, 0.2) is 42.5 Å². The number of carbonyl (C=O) groups is 1. The number of benzene rings is 2. The molecule has 3 N–H and O–H groups in total. The van der Waals surface area contributed by atoms with Crippen molar-refractivity contribution in [2.45, 2.75) is 32.0 Å². The molecule has 0 unspecified atom stereocenters. The van der Waals surface area contributed by atoms with Crippen molar-refractivity contribution in [3.05, 3.63) is 59.2 Å². The SMILES string of the molecule is CC(C)(O)/C=C\c1c(O)ccc2c1O[C@@H](c1ccc(O)cc1)CC2=O. The van der Waals surface area contributed by atoms with E-state index in [2.05, 4.69) is 0 Å². The molecule has 5 heteroatoms. The number of hydrogen-bond donors (Lipinski definition) is 3. The molecule has 0 aromatic heterocycles. The molecule has 0 saturated carbocycles. The van der Waals surface area contributed by atoms with Gasteiger partial charge in [-0.05, 0) is 49.8 Å². The summed E-state index contributed by atoms with van der Waals surface area (Å²) in [7, 11) is 0. The molecule has 0 spiro atoms. The van der Waals surface area contributed by atoms with Crippen LogP contribution in [0.4, 0.5) is 0 Å². The lowest BCUT2D eigenvalue weighted by molar-refractivity contribution is 0.0849. The van der Waals surface area contributed by atoms with Gasteiger partial charge in [0.05, 0.1) is 23.1 Å². The fourth-order valence-electron chi connectivity index (χ4n) is 2.72. The molecule has 1 heterocycles. The Kier molecular flexibility index (Phi) is 4.27. The quantitative estimate of drug-likeness (QED) is 0.795. The summed E-state index contributed by atoms with van der Waals surface area (Å²) in [4.78, 5) is 12.5. The van der Waals surface area contributed by atoms with Crippen LogP contribution in [0.3, 0.4) is 0 Å². The Morgan fingerprint density at radius 2 is 1.80 bits per heavy atom. The van der Waals surface area contributed by atoms with Crippen LogP contribution in [-0.4, -0.2) is 26.7 Å². The Morgan fingerprint density at radius 3 is 2.44 bits per heavy atom. The molecule has 2 aromatic rings. The van der Waals surface area contributed by atoms with Gasteiger partial charge in [-0.25, -0.2) is 0 Å². The van der Waals surface area contributed by atoms with Crippen molar-refractivity contribution in [2.75, 3.05) is 0 Å². The zero-order valence-electron chi connectivity index (χ0n) is 14.1. The van der Waals surface area contributed by atoms with Gasteiger partial charge in [0, 0.05) is 0 Å². The summed E-state index contributed by atoms with van der Waals surface area (Å²) in [6.07, 6.45) is 2.76. The summed E-state index contributed by atoms with van der Waals surface area (Å²) < 4.78 is 6.01. The van der Waals surface area contributed by atoms with E-state index in [1.807, 2.05) is 0 Å². The predicted molar refractivity (Wildman–Crippen MR) is 93.9 cm³/mol. The van der Waals surface area contributed by atoms with Crippen LogP contribution >= 0.6 is 0 Å². The number of Topliss-reactive ketones (excluding diaryl/α,β-unsaturated/α-hetero) is 1. The van der Waals surface area contributed by atoms with E-state index >= 15 is 0 Å². The third kappa shape index (κ3) is 3.67. The Hall–Kier alpha value is -2.79. The summed E-state index contributed by atoms with van der Waals surface area (Å²) >= 11 is 0. The molecule has 1 aliphatic rings. The van der Waals surface area contributed by atoms with E-state index < -0.39 is 11.7 Å². The van der Waals surface area contributed by atoms with Crippen molar-refractivity contribution < 1.29 is 24.9 Å². The van der Waals surface area contributed by atoms with Gasteiger partial charge >= 0.3 is 0 Å². The zero-order valence-corrected chi connectivity index (χ0v) is 14.1. The van der Waals surface area contributed by atoms with E-state index in [4.69, 9.17) is 4.74 Å². The molecule has 25 heavy (non-hydrogen) atoms. The average molecular weight is 340 g/mol. The van der Waals surface area contributed by atoms with Gasteiger partial charge in [-0.3, -0.25) is 4.79 Å². The zero-order chi connectivity index (χ0) is 18.2. The first-order valence-corrected chi connectivity index (χ1v) is 8.01. The summed E-state index contributed by atoms with van der Waals surface area (Å²) in [5.74, 6) is 0.322. The topological polar surface area (TPSA) is 87.0 Å². The molecule has 0 radical (unpaired) electrons. The summed E-state index contributed by atoms with van der Waals surface area (Å²) in [5, 5.41) is 29.5. The lowest BCUT2D eigenvalue weighted by atomic mass is 9.93. The Balaban J connectivity index is 2.03. The highest BCUT2D eigenvalue weighted by Gasteiger charge is 2.30. The van der Waals surface area contributed by atoms with Crippen molar-refractivity contribution in [1.82, 2.24) is 0 Å². The lowest BCUT2D eigenvalue weighted by Crippen LogP contribution is -2.21. The Bertz CT molecular complexity index is 828. The van der Waals surface area contributed by atoms with E-state index in [0.717, 1.165) is 5.56 Å². The molecule has 1 aliphatic heterocycles. The van der Waals surface area contributed by atoms with Gasteiger partial charge in [-0.1, -0.05) is 18.2 Å². The molecule has 5 nitrogen and oxygen atoms in total. The van der Waals surface area contributed by atoms with Gasteiger partial charge < -0.3 is 20.1 Å². The lowest BCUT2D eigenvalue weighted by Gasteiger charge is -2.27. The summed E-state index contributed by atoms with van der Waals surface area (Å²) in [5.41, 5.74) is 0.460. The number of phenols is 2. The fourth-order valence-corrected chi connectivity index (χ4v) is 2.72. The van der Waals surface area contributed by atoms with Crippen molar-refractivity contribution in [1.29, 1.82) is 0 Å². The van der Waals surface area contributed by atoms with Gasteiger partial charge in [0.15, 0.2) is 5.78 Å². The number of ether oxygens (including phenoxy) is 1. The number of carbonyl (C=O) groups excluding carboxylic acids is 1. The van der Waals surface area contributed by atoms with Crippen LogP contribution in [-0.2, 0) is 0 Å². The molecule has 0 fully saturated rings.